The third-order valence-electron chi connectivity index (χ3n) is 5.19. The summed E-state index contributed by atoms with van der Waals surface area (Å²) >= 11 is 0. The first kappa shape index (κ1) is 21.5. The van der Waals surface area contributed by atoms with Crippen LogP contribution < -0.4 is 19.7 Å². The molecule has 2 aromatic carbocycles. The summed E-state index contributed by atoms with van der Waals surface area (Å²) in [7, 11) is 3.10. The van der Waals surface area contributed by atoms with E-state index in [1.807, 2.05) is 43.3 Å². The number of fused-ring (bicyclic) bond motifs is 1. The first-order valence-electron chi connectivity index (χ1n) is 10.0. The summed E-state index contributed by atoms with van der Waals surface area (Å²) in [6, 6.07) is 12.7. The second-order valence-electron chi connectivity index (χ2n) is 7.20. The molecule has 3 rings (SSSR count). The van der Waals surface area contributed by atoms with Crippen LogP contribution in [0.1, 0.15) is 37.4 Å². The number of carbonyl (C=O) groups is 2. The molecule has 2 aromatic rings. The van der Waals surface area contributed by atoms with Crippen molar-refractivity contribution in [2.24, 2.45) is 0 Å². The van der Waals surface area contributed by atoms with Gasteiger partial charge in [0.1, 0.15) is 0 Å². The number of hydrogen-bond acceptors (Lipinski definition) is 5. The second kappa shape index (κ2) is 9.52. The molecule has 0 aliphatic carbocycles. The van der Waals surface area contributed by atoms with E-state index in [4.69, 9.17) is 14.2 Å². The average Bonchev–Trinajstić information content (AvgIpc) is 2.73. The van der Waals surface area contributed by atoms with Crippen LogP contribution in [0.5, 0.6) is 11.5 Å². The molecule has 0 saturated heterocycles. The monoisotopic (exact) mass is 412 g/mol. The van der Waals surface area contributed by atoms with Gasteiger partial charge in [-0.2, -0.15) is 0 Å². The molecule has 0 fully saturated rings. The summed E-state index contributed by atoms with van der Waals surface area (Å²) in [6.45, 7) is 3.99. The Kier molecular flexibility index (Phi) is 6.82. The van der Waals surface area contributed by atoms with Crippen LogP contribution in [-0.4, -0.2) is 38.9 Å². The summed E-state index contributed by atoms with van der Waals surface area (Å²) < 4.78 is 16.1. The van der Waals surface area contributed by atoms with E-state index in [9.17, 15) is 9.59 Å². The van der Waals surface area contributed by atoms with E-state index >= 15 is 0 Å². The Morgan fingerprint density at radius 1 is 1.10 bits per heavy atom. The third kappa shape index (κ3) is 4.50. The zero-order valence-electron chi connectivity index (χ0n) is 17.8. The smallest absolute Gasteiger partial charge is 0.414 e. The lowest BCUT2D eigenvalue weighted by atomic mass is 9.91. The maximum atomic E-state index is 12.7. The Balaban J connectivity index is 1.94. The van der Waals surface area contributed by atoms with Crippen molar-refractivity contribution < 1.29 is 23.8 Å². The molecule has 0 radical (unpaired) electrons. The SMILES string of the molecule is CCOC(=O)N1c2cc(OC)c(OC)cc2[C@H](NC(=O)Cc2ccccc2)C[C@@H]1C. The van der Waals surface area contributed by atoms with Crippen LogP contribution in [0, 0.1) is 0 Å². The minimum absolute atomic E-state index is 0.0799. The molecule has 2 amide bonds. The second-order valence-corrected chi connectivity index (χ2v) is 7.20. The van der Waals surface area contributed by atoms with E-state index in [0.29, 0.717) is 23.6 Å². The van der Waals surface area contributed by atoms with E-state index in [2.05, 4.69) is 5.32 Å². The Bertz CT molecular complexity index is 900. The van der Waals surface area contributed by atoms with Crippen molar-refractivity contribution in [3.05, 3.63) is 53.6 Å². The van der Waals surface area contributed by atoms with Gasteiger partial charge in [0.15, 0.2) is 11.5 Å². The molecule has 1 heterocycles. The van der Waals surface area contributed by atoms with Crippen molar-refractivity contribution in [3.8, 4) is 11.5 Å². The minimum Gasteiger partial charge on any atom is -0.493 e. The number of nitrogens with one attached hydrogen (secondary N) is 1. The molecule has 1 aliphatic heterocycles. The zero-order chi connectivity index (χ0) is 21.7. The van der Waals surface area contributed by atoms with Gasteiger partial charge in [-0.05, 0) is 31.9 Å². The first-order chi connectivity index (χ1) is 14.5. The Morgan fingerprint density at radius 3 is 2.40 bits per heavy atom. The molecular weight excluding hydrogens is 384 g/mol. The predicted molar refractivity (Wildman–Crippen MR) is 114 cm³/mol. The topological polar surface area (TPSA) is 77.1 Å². The summed E-state index contributed by atoms with van der Waals surface area (Å²) in [4.78, 5) is 27.0. The molecule has 0 unspecified atom stereocenters. The quantitative estimate of drug-likeness (QED) is 0.780. The fraction of sp³-hybridized carbons (Fsp3) is 0.391. The van der Waals surface area contributed by atoms with E-state index in [0.717, 1.165) is 11.1 Å². The summed E-state index contributed by atoms with van der Waals surface area (Å²) in [6.07, 6.45) is 0.421. The van der Waals surface area contributed by atoms with Crippen molar-refractivity contribution in [2.75, 3.05) is 25.7 Å². The predicted octanol–water partition coefficient (Wildman–Crippen LogP) is 3.86. The molecule has 7 heteroatoms. The van der Waals surface area contributed by atoms with E-state index in [1.165, 1.54) is 0 Å². The molecule has 7 nitrogen and oxygen atoms in total. The van der Waals surface area contributed by atoms with Gasteiger partial charge in [0.05, 0.1) is 39.0 Å². The van der Waals surface area contributed by atoms with Crippen molar-refractivity contribution in [3.63, 3.8) is 0 Å². The highest BCUT2D eigenvalue weighted by atomic mass is 16.6. The summed E-state index contributed by atoms with van der Waals surface area (Å²) in [5.41, 5.74) is 2.38. The highest BCUT2D eigenvalue weighted by molar-refractivity contribution is 5.91. The molecule has 0 aromatic heterocycles. The Hall–Kier alpha value is -3.22. The van der Waals surface area contributed by atoms with Crippen molar-refractivity contribution in [1.82, 2.24) is 5.32 Å². The van der Waals surface area contributed by atoms with Gasteiger partial charge in [-0.25, -0.2) is 4.79 Å². The van der Waals surface area contributed by atoms with Gasteiger partial charge in [-0.1, -0.05) is 30.3 Å². The number of nitrogens with zero attached hydrogens (tertiary/aromatic N) is 1. The molecule has 0 bridgehead atoms. The molecule has 160 valence electrons. The number of methoxy groups -OCH3 is 2. The molecule has 1 aliphatic rings. The lowest BCUT2D eigenvalue weighted by Crippen LogP contribution is -2.46. The van der Waals surface area contributed by atoms with Gasteiger partial charge < -0.3 is 19.5 Å². The third-order valence-corrected chi connectivity index (χ3v) is 5.19. The van der Waals surface area contributed by atoms with E-state index in [-0.39, 0.29) is 31.0 Å². The Labute approximate surface area is 176 Å². The number of anilines is 1. The van der Waals surface area contributed by atoms with Crippen LogP contribution in [0.15, 0.2) is 42.5 Å². The lowest BCUT2D eigenvalue weighted by molar-refractivity contribution is -0.121. The van der Waals surface area contributed by atoms with Crippen molar-refractivity contribution >= 4 is 17.7 Å². The van der Waals surface area contributed by atoms with Crippen LogP contribution in [0.25, 0.3) is 0 Å². The van der Waals surface area contributed by atoms with Crippen LogP contribution in [-0.2, 0) is 16.0 Å². The minimum atomic E-state index is -0.424. The Morgan fingerprint density at radius 2 is 1.77 bits per heavy atom. The summed E-state index contributed by atoms with van der Waals surface area (Å²) in [5, 5.41) is 3.12. The number of ether oxygens (including phenoxy) is 3. The van der Waals surface area contributed by atoms with Gasteiger partial charge in [0, 0.05) is 17.7 Å². The number of carbonyl (C=O) groups excluding carboxylic acids is 2. The van der Waals surface area contributed by atoms with E-state index < -0.39 is 6.09 Å². The number of benzene rings is 2. The number of rotatable bonds is 6. The maximum Gasteiger partial charge on any atom is 0.414 e. The highest BCUT2D eigenvalue weighted by Crippen LogP contribution is 2.43. The van der Waals surface area contributed by atoms with Crippen molar-refractivity contribution in [2.45, 2.75) is 38.8 Å². The normalized spacial score (nSPS) is 17.7. The highest BCUT2D eigenvalue weighted by Gasteiger charge is 2.36. The maximum absolute atomic E-state index is 12.7. The van der Waals surface area contributed by atoms with Gasteiger partial charge in [-0.3, -0.25) is 9.69 Å². The van der Waals surface area contributed by atoms with Crippen molar-refractivity contribution in [1.29, 1.82) is 0 Å². The molecule has 0 spiro atoms. The lowest BCUT2D eigenvalue weighted by Gasteiger charge is -2.39. The average molecular weight is 412 g/mol. The number of hydrogen-bond donors (Lipinski definition) is 1. The van der Waals surface area contributed by atoms with Crippen LogP contribution in [0.2, 0.25) is 0 Å². The van der Waals surface area contributed by atoms with Crippen LogP contribution in [0.4, 0.5) is 10.5 Å². The van der Waals surface area contributed by atoms with Gasteiger partial charge in [-0.15, -0.1) is 0 Å². The molecule has 30 heavy (non-hydrogen) atoms. The molecule has 1 N–H and O–H groups in total. The van der Waals surface area contributed by atoms with E-state index in [1.54, 1.807) is 32.1 Å². The van der Waals surface area contributed by atoms with Gasteiger partial charge in [0.2, 0.25) is 5.91 Å². The van der Waals surface area contributed by atoms with Gasteiger partial charge >= 0.3 is 6.09 Å². The fourth-order valence-corrected chi connectivity index (χ4v) is 3.82. The van der Waals surface area contributed by atoms with Crippen LogP contribution >= 0.6 is 0 Å². The van der Waals surface area contributed by atoms with Crippen LogP contribution in [0.3, 0.4) is 0 Å². The summed E-state index contributed by atoms with van der Waals surface area (Å²) in [5.74, 6) is 0.967. The fourth-order valence-electron chi connectivity index (χ4n) is 3.82. The van der Waals surface area contributed by atoms with Gasteiger partial charge in [0.25, 0.3) is 0 Å². The largest absolute Gasteiger partial charge is 0.493 e. The first-order valence-corrected chi connectivity index (χ1v) is 10.0. The molecule has 2 atom stereocenters. The zero-order valence-corrected chi connectivity index (χ0v) is 17.8. The number of amides is 2. The molecule has 0 saturated carbocycles. The standard InChI is InChI=1S/C23H28N2O5/c1-5-30-23(27)25-15(2)11-18(24-22(26)12-16-9-7-6-8-10-16)17-13-20(28-3)21(29-4)14-19(17)25/h6-10,13-15,18H,5,11-12H2,1-4H3,(H,24,26)/t15-,18+/m0/s1. The molecular formula is C23H28N2O5.